The highest BCUT2D eigenvalue weighted by Gasteiger charge is 2.35. The van der Waals surface area contributed by atoms with Crippen LogP contribution < -0.4 is 4.74 Å². The second-order valence-corrected chi connectivity index (χ2v) is 6.42. The molecule has 1 N–H and O–H groups in total. The first kappa shape index (κ1) is 13.4. The molecule has 0 radical (unpaired) electrons. The summed E-state index contributed by atoms with van der Waals surface area (Å²) in [6, 6.07) is 8.29. The fourth-order valence-electron chi connectivity index (χ4n) is 2.58. The number of ether oxygens (including phenoxy) is 1. The SMILES string of the molecule is CC(C)(C)c1ccc(OC2(CO)CCCC2)cc1. The Kier molecular flexibility index (Phi) is 3.67. The van der Waals surface area contributed by atoms with Gasteiger partial charge < -0.3 is 9.84 Å². The zero-order chi connectivity index (χ0) is 13.2. The van der Waals surface area contributed by atoms with Crippen LogP contribution >= 0.6 is 0 Å². The van der Waals surface area contributed by atoms with Crippen LogP contribution in [0.15, 0.2) is 24.3 Å². The van der Waals surface area contributed by atoms with Crippen LogP contribution in [0.5, 0.6) is 5.75 Å². The van der Waals surface area contributed by atoms with Gasteiger partial charge in [0.05, 0.1) is 6.61 Å². The molecule has 2 nitrogen and oxygen atoms in total. The molecule has 0 aromatic heterocycles. The molecule has 1 aliphatic rings. The third-order valence-corrected chi connectivity index (χ3v) is 3.86. The molecule has 100 valence electrons. The van der Waals surface area contributed by atoms with Crippen LogP contribution in [0, 0.1) is 0 Å². The minimum atomic E-state index is -0.330. The summed E-state index contributed by atoms with van der Waals surface area (Å²) in [7, 11) is 0. The van der Waals surface area contributed by atoms with Gasteiger partial charge in [-0.15, -0.1) is 0 Å². The predicted molar refractivity (Wildman–Crippen MR) is 74.1 cm³/mol. The molecule has 0 unspecified atom stereocenters. The third kappa shape index (κ3) is 2.86. The van der Waals surface area contributed by atoms with Gasteiger partial charge in [-0.05, 0) is 48.8 Å². The summed E-state index contributed by atoms with van der Waals surface area (Å²) >= 11 is 0. The number of benzene rings is 1. The molecular weight excluding hydrogens is 224 g/mol. The maximum atomic E-state index is 9.54. The number of rotatable bonds is 3. The molecule has 2 heteroatoms. The lowest BCUT2D eigenvalue weighted by Crippen LogP contribution is -2.36. The Morgan fingerprint density at radius 3 is 2.11 bits per heavy atom. The molecule has 0 heterocycles. The van der Waals surface area contributed by atoms with Crippen molar-refractivity contribution in [2.24, 2.45) is 0 Å². The monoisotopic (exact) mass is 248 g/mol. The summed E-state index contributed by atoms with van der Waals surface area (Å²) in [6.07, 6.45) is 4.23. The number of aliphatic hydroxyl groups excluding tert-OH is 1. The fraction of sp³-hybridized carbons (Fsp3) is 0.625. The summed E-state index contributed by atoms with van der Waals surface area (Å²) in [5.74, 6) is 0.874. The van der Waals surface area contributed by atoms with E-state index in [1.807, 2.05) is 12.1 Å². The summed E-state index contributed by atoms with van der Waals surface area (Å²) in [4.78, 5) is 0. The van der Waals surface area contributed by atoms with Crippen LogP contribution in [0.1, 0.15) is 52.0 Å². The Hall–Kier alpha value is -1.02. The van der Waals surface area contributed by atoms with Gasteiger partial charge in [-0.25, -0.2) is 0 Å². The van der Waals surface area contributed by atoms with Crippen LogP contribution in [-0.2, 0) is 5.41 Å². The molecular formula is C16H24O2. The van der Waals surface area contributed by atoms with Crippen molar-refractivity contribution in [3.05, 3.63) is 29.8 Å². The van der Waals surface area contributed by atoms with Gasteiger partial charge in [0.2, 0.25) is 0 Å². The molecule has 1 aliphatic carbocycles. The molecule has 1 fully saturated rings. The van der Waals surface area contributed by atoms with E-state index in [0.717, 1.165) is 31.4 Å². The van der Waals surface area contributed by atoms with Crippen LogP contribution in [0.25, 0.3) is 0 Å². The Labute approximate surface area is 110 Å². The normalized spacial score (nSPS) is 18.9. The van der Waals surface area contributed by atoms with Crippen molar-refractivity contribution >= 4 is 0 Å². The van der Waals surface area contributed by atoms with E-state index in [2.05, 4.69) is 32.9 Å². The van der Waals surface area contributed by atoms with E-state index in [9.17, 15) is 5.11 Å². The van der Waals surface area contributed by atoms with Crippen LogP contribution in [-0.4, -0.2) is 17.3 Å². The zero-order valence-corrected chi connectivity index (χ0v) is 11.7. The molecule has 2 rings (SSSR count). The first-order chi connectivity index (χ1) is 8.45. The Morgan fingerprint density at radius 1 is 1.11 bits per heavy atom. The van der Waals surface area contributed by atoms with Gasteiger partial charge in [0.15, 0.2) is 0 Å². The van der Waals surface area contributed by atoms with Crippen molar-refractivity contribution < 1.29 is 9.84 Å². The molecule has 0 atom stereocenters. The van der Waals surface area contributed by atoms with E-state index >= 15 is 0 Å². The maximum Gasteiger partial charge on any atom is 0.132 e. The van der Waals surface area contributed by atoms with E-state index in [0.29, 0.717) is 0 Å². The molecule has 0 amide bonds. The Bertz CT molecular complexity index is 381. The molecule has 18 heavy (non-hydrogen) atoms. The van der Waals surface area contributed by atoms with Crippen LogP contribution in [0.2, 0.25) is 0 Å². The summed E-state index contributed by atoms with van der Waals surface area (Å²) in [6.45, 7) is 6.73. The average Bonchev–Trinajstić information content (AvgIpc) is 2.78. The third-order valence-electron chi connectivity index (χ3n) is 3.86. The first-order valence-electron chi connectivity index (χ1n) is 6.86. The van der Waals surface area contributed by atoms with Crippen LogP contribution in [0.3, 0.4) is 0 Å². The van der Waals surface area contributed by atoms with E-state index in [-0.39, 0.29) is 17.6 Å². The first-order valence-corrected chi connectivity index (χ1v) is 6.86. The lowest BCUT2D eigenvalue weighted by Gasteiger charge is -2.28. The fourth-order valence-corrected chi connectivity index (χ4v) is 2.58. The van der Waals surface area contributed by atoms with Gasteiger partial charge in [-0.3, -0.25) is 0 Å². The second-order valence-electron chi connectivity index (χ2n) is 6.42. The van der Waals surface area contributed by atoms with E-state index in [1.165, 1.54) is 5.56 Å². The van der Waals surface area contributed by atoms with Crippen LogP contribution in [0.4, 0.5) is 0 Å². The highest BCUT2D eigenvalue weighted by atomic mass is 16.5. The van der Waals surface area contributed by atoms with Crippen molar-refractivity contribution in [2.75, 3.05) is 6.61 Å². The highest BCUT2D eigenvalue weighted by Crippen LogP contribution is 2.34. The molecule has 0 saturated heterocycles. The summed E-state index contributed by atoms with van der Waals surface area (Å²) < 4.78 is 6.03. The smallest absolute Gasteiger partial charge is 0.132 e. The average molecular weight is 248 g/mol. The summed E-state index contributed by atoms with van der Waals surface area (Å²) in [5, 5.41) is 9.54. The Balaban J connectivity index is 2.11. The predicted octanol–water partition coefficient (Wildman–Crippen LogP) is 3.67. The van der Waals surface area contributed by atoms with Gasteiger partial charge >= 0.3 is 0 Å². The zero-order valence-electron chi connectivity index (χ0n) is 11.7. The van der Waals surface area contributed by atoms with Gasteiger partial charge in [-0.1, -0.05) is 32.9 Å². The highest BCUT2D eigenvalue weighted by molar-refractivity contribution is 5.31. The molecule has 1 aromatic rings. The molecule has 1 saturated carbocycles. The largest absolute Gasteiger partial charge is 0.485 e. The van der Waals surface area contributed by atoms with Crippen molar-refractivity contribution in [3.63, 3.8) is 0 Å². The lowest BCUT2D eigenvalue weighted by molar-refractivity contribution is 0.0151. The topological polar surface area (TPSA) is 29.5 Å². The minimum Gasteiger partial charge on any atom is -0.485 e. The van der Waals surface area contributed by atoms with Gasteiger partial charge in [0, 0.05) is 0 Å². The molecule has 0 spiro atoms. The molecule has 0 aliphatic heterocycles. The second kappa shape index (κ2) is 4.93. The van der Waals surface area contributed by atoms with E-state index in [4.69, 9.17) is 4.74 Å². The van der Waals surface area contributed by atoms with Gasteiger partial charge in [-0.2, -0.15) is 0 Å². The molecule has 1 aromatic carbocycles. The Morgan fingerprint density at radius 2 is 1.67 bits per heavy atom. The van der Waals surface area contributed by atoms with Gasteiger partial charge in [0.25, 0.3) is 0 Å². The van der Waals surface area contributed by atoms with Crippen molar-refractivity contribution in [2.45, 2.75) is 57.5 Å². The van der Waals surface area contributed by atoms with E-state index < -0.39 is 0 Å². The van der Waals surface area contributed by atoms with E-state index in [1.54, 1.807) is 0 Å². The maximum absolute atomic E-state index is 9.54. The van der Waals surface area contributed by atoms with Gasteiger partial charge in [0.1, 0.15) is 11.4 Å². The van der Waals surface area contributed by atoms with Crippen molar-refractivity contribution in [1.82, 2.24) is 0 Å². The van der Waals surface area contributed by atoms with Crippen molar-refractivity contribution in [1.29, 1.82) is 0 Å². The number of hydrogen-bond donors (Lipinski definition) is 1. The van der Waals surface area contributed by atoms with Crippen molar-refractivity contribution in [3.8, 4) is 5.75 Å². The lowest BCUT2D eigenvalue weighted by atomic mass is 9.87. The number of aliphatic hydroxyl groups is 1. The summed E-state index contributed by atoms with van der Waals surface area (Å²) in [5.41, 5.74) is 1.14. The minimum absolute atomic E-state index is 0.119. The quantitative estimate of drug-likeness (QED) is 0.884. The molecule has 0 bridgehead atoms. The standard InChI is InChI=1S/C16H24O2/c1-15(2,3)13-6-8-14(9-7-13)18-16(12-17)10-4-5-11-16/h6-9,17H,4-5,10-12H2,1-3H3. The number of hydrogen-bond acceptors (Lipinski definition) is 2.